The molecule has 0 spiro atoms. The molecule has 16 heavy (non-hydrogen) atoms. The molecule has 0 rings (SSSR count). The Bertz CT molecular complexity index is 284. The smallest absolute Gasteiger partial charge is 0.322 e. The second-order valence-corrected chi connectivity index (χ2v) is 4.80. The largest absolute Gasteiger partial charge is 0.397 e. The van der Waals surface area contributed by atoms with Crippen molar-refractivity contribution in [2.45, 2.75) is 6.92 Å². The summed E-state index contributed by atoms with van der Waals surface area (Å²) >= 11 is 0. The van der Waals surface area contributed by atoms with Crippen LogP contribution in [-0.2, 0) is 14.6 Å². The van der Waals surface area contributed by atoms with Crippen LogP contribution in [0.5, 0.6) is 0 Å². The Morgan fingerprint density at radius 1 is 1.25 bits per heavy atom. The van der Waals surface area contributed by atoms with Crippen LogP contribution < -0.4 is 0 Å². The molecule has 0 bridgehead atoms. The van der Waals surface area contributed by atoms with Crippen LogP contribution in [0.15, 0.2) is 25.3 Å². The molecule has 0 heterocycles. The Kier molecular flexibility index (Phi) is 9.36. The fourth-order valence-electron chi connectivity index (χ4n) is 0.922. The maximum atomic E-state index is 9.56. The van der Waals surface area contributed by atoms with Gasteiger partial charge in [0.05, 0.1) is 33.8 Å². The highest BCUT2D eigenvalue weighted by molar-refractivity contribution is 7.80. The summed E-state index contributed by atoms with van der Waals surface area (Å²) in [6, 6.07) is 0. The minimum Gasteiger partial charge on any atom is -0.322 e. The first kappa shape index (κ1) is 17.7. The molecule has 0 aromatic rings. The van der Waals surface area contributed by atoms with Gasteiger partial charge >= 0.3 is 10.4 Å². The van der Waals surface area contributed by atoms with Gasteiger partial charge in [-0.1, -0.05) is 13.2 Å². The number of likely N-dealkylation sites (N-methyl/N-ethyl adjacent to an activating group) is 1. The van der Waals surface area contributed by atoms with Crippen molar-refractivity contribution in [1.29, 1.82) is 0 Å². The topological polar surface area (TPSA) is 63.6 Å². The maximum absolute atomic E-state index is 9.56. The summed E-state index contributed by atoms with van der Waals surface area (Å²) in [6.45, 7) is 10.8. The summed E-state index contributed by atoms with van der Waals surface area (Å²) in [6.07, 6.45) is 3.87. The number of rotatable bonds is 6. The minimum atomic E-state index is -4.17. The average Bonchev–Trinajstić information content (AvgIpc) is 2.01. The van der Waals surface area contributed by atoms with Gasteiger partial charge in [0.2, 0.25) is 0 Å². The van der Waals surface area contributed by atoms with E-state index < -0.39 is 10.4 Å². The summed E-state index contributed by atoms with van der Waals surface area (Å²) in [7, 11) is 0.138. The van der Waals surface area contributed by atoms with E-state index >= 15 is 0 Å². The van der Waals surface area contributed by atoms with E-state index in [1.54, 1.807) is 0 Å². The highest BCUT2D eigenvalue weighted by Gasteiger charge is 2.07. The van der Waals surface area contributed by atoms with E-state index in [2.05, 4.69) is 31.4 Å². The SMILES string of the molecule is C=CC[N+](C)(C)CC=C.CCOS(=O)(=O)O. The molecular formula is C10H22NO4S+. The lowest BCUT2D eigenvalue weighted by Crippen LogP contribution is -2.39. The second kappa shape index (κ2) is 8.46. The fourth-order valence-corrected chi connectivity index (χ4v) is 1.22. The van der Waals surface area contributed by atoms with Crippen LogP contribution in [0.1, 0.15) is 6.92 Å². The van der Waals surface area contributed by atoms with Gasteiger partial charge in [0.1, 0.15) is 0 Å². The summed E-state index contributed by atoms with van der Waals surface area (Å²) in [5.74, 6) is 0. The highest BCUT2D eigenvalue weighted by atomic mass is 32.3. The number of quaternary nitrogens is 1. The van der Waals surface area contributed by atoms with Crippen LogP contribution in [0, 0.1) is 0 Å². The van der Waals surface area contributed by atoms with Crippen molar-refractivity contribution in [3.63, 3.8) is 0 Å². The molecule has 0 amide bonds. The number of nitrogens with zero attached hydrogens (tertiary/aromatic N) is 1. The van der Waals surface area contributed by atoms with E-state index in [9.17, 15) is 8.42 Å². The fraction of sp³-hybridized carbons (Fsp3) is 0.600. The Labute approximate surface area is 98.6 Å². The lowest BCUT2D eigenvalue weighted by Gasteiger charge is -2.26. The quantitative estimate of drug-likeness (QED) is 0.439. The predicted molar refractivity (Wildman–Crippen MR) is 65.4 cm³/mol. The molecule has 5 nitrogen and oxygen atoms in total. The molecule has 1 N–H and O–H groups in total. The van der Waals surface area contributed by atoms with Gasteiger partial charge in [-0.05, 0) is 19.1 Å². The van der Waals surface area contributed by atoms with Crippen LogP contribution in [0.2, 0.25) is 0 Å². The Hall–Kier alpha value is -0.690. The van der Waals surface area contributed by atoms with E-state index in [0.29, 0.717) is 0 Å². The van der Waals surface area contributed by atoms with E-state index in [1.165, 1.54) is 6.92 Å². The highest BCUT2D eigenvalue weighted by Crippen LogP contribution is 1.95. The first-order chi connectivity index (χ1) is 7.18. The number of hydrogen-bond donors (Lipinski definition) is 1. The van der Waals surface area contributed by atoms with Crippen molar-refractivity contribution < 1.29 is 21.6 Å². The molecule has 0 saturated carbocycles. The lowest BCUT2D eigenvalue weighted by atomic mass is 10.4. The summed E-state index contributed by atoms with van der Waals surface area (Å²) in [4.78, 5) is 0. The standard InChI is InChI=1S/C8H16N.C2H6O4S/c1-5-7-9(3,4)8-6-2;1-2-6-7(3,4)5/h5-6H,1-2,7-8H2,3-4H3;2H2,1H3,(H,3,4,5)/q+1;. The molecule has 96 valence electrons. The van der Waals surface area contributed by atoms with E-state index in [0.717, 1.165) is 17.6 Å². The average molecular weight is 252 g/mol. The van der Waals surface area contributed by atoms with Crippen LogP contribution >= 0.6 is 0 Å². The maximum Gasteiger partial charge on any atom is 0.397 e. The van der Waals surface area contributed by atoms with Crippen molar-refractivity contribution in [3.05, 3.63) is 25.3 Å². The Morgan fingerprint density at radius 2 is 1.62 bits per heavy atom. The normalized spacial score (nSPS) is 11.2. The summed E-state index contributed by atoms with van der Waals surface area (Å²) in [5.41, 5.74) is 0. The van der Waals surface area contributed by atoms with Gasteiger partial charge in [-0.2, -0.15) is 8.42 Å². The van der Waals surface area contributed by atoms with Crippen molar-refractivity contribution in [2.75, 3.05) is 33.8 Å². The zero-order valence-electron chi connectivity index (χ0n) is 10.2. The van der Waals surface area contributed by atoms with Crippen LogP contribution in [0.3, 0.4) is 0 Å². The van der Waals surface area contributed by atoms with Gasteiger partial charge in [-0.3, -0.25) is 4.55 Å². The van der Waals surface area contributed by atoms with Crippen LogP contribution in [0.4, 0.5) is 0 Å². The third-order valence-electron chi connectivity index (χ3n) is 1.51. The van der Waals surface area contributed by atoms with Gasteiger partial charge in [0, 0.05) is 0 Å². The molecule has 0 aromatic carbocycles. The molecule has 0 aliphatic heterocycles. The zero-order valence-corrected chi connectivity index (χ0v) is 11.0. The third kappa shape index (κ3) is 15.8. The van der Waals surface area contributed by atoms with E-state index in [4.69, 9.17) is 4.55 Å². The minimum absolute atomic E-state index is 0.0289. The first-order valence-corrected chi connectivity index (χ1v) is 6.20. The van der Waals surface area contributed by atoms with Gasteiger partial charge in [-0.15, -0.1) is 0 Å². The monoisotopic (exact) mass is 252 g/mol. The van der Waals surface area contributed by atoms with Crippen molar-refractivity contribution in [3.8, 4) is 0 Å². The molecular weight excluding hydrogens is 230 g/mol. The Morgan fingerprint density at radius 3 is 1.75 bits per heavy atom. The molecule has 0 aromatic heterocycles. The predicted octanol–water partition coefficient (Wildman–Crippen LogP) is 1.26. The van der Waals surface area contributed by atoms with Crippen LogP contribution in [0.25, 0.3) is 0 Å². The number of hydrogen-bond acceptors (Lipinski definition) is 3. The van der Waals surface area contributed by atoms with Crippen molar-refractivity contribution in [2.24, 2.45) is 0 Å². The van der Waals surface area contributed by atoms with E-state index in [1.807, 2.05) is 12.2 Å². The van der Waals surface area contributed by atoms with Gasteiger partial charge in [0.15, 0.2) is 0 Å². The van der Waals surface area contributed by atoms with Crippen LogP contribution in [-0.4, -0.2) is 51.2 Å². The van der Waals surface area contributed by atoms with Crippen molar-refractivity contribution in [1.82, 2.24) is 0 Å². The Balaban J connectivity index is 0. The van der Waals surface area contributed by atoms with E-state index in [-0.39, 0.29) is 6.61 Å². The third-order valence-corrected chi connectivity index (χ3v) is 2.05. The molecule has 0 aliphatic rings. The molecule has 0 radical (unpaired) electrons. The van der Waals surface area contributed by atoms with Gasteiger partial charge in [0.25, 0.3) is 0 Å². The summed E-state index contributed by atoms with van der Waals surface area (Å²) < 4.78 is 31.6. The second-order valence-electron chi connectivity index (χ2n) is 3.71. The lowest BCUT2D eigenvalue weighted by molar-refractivity contribution is -0.878. The molecule has 0 unspecified atom stereocenters. The zero-order chi connectivity index (χ0) is 13.2. The molecule has 0 atom stereocenters. The molecule has 0 fully saturated rings. The molecule has 0 aliphatic carbocycles. The molecule has 6 heteroatoms. The van der Waals surface area contributed by atoms with Gasteiger partial charge in [-0.25, -0.2) is 4.18 Å². The first-order valence-electron chi connectivity index (χ1n) is 4.84. The summed E-state index contributed by atoms with van der Waals surface area (Å²) in [5, 5.41) is 0. The van der Waals surface area contributed by atoms with Gasteiger partial charge < -0.3 is 4.48 Å². The molecule has 0 saturated heterocycles. The van der Waals surface area contributed by atoms with Crippen molar-refractivity contribution >= 4 is 10.4 Å².